The number of para-hydroxylation sites is 1. The Balaban J connectivity index is 1.69. The molecule has 0 saturated heterocycles. The Kier molecular flexibility index (Phi) is 4.03. The predicted molar refractivity (Wildman–Crippen MR) is 85.5 cm³/mol. The monoisotopic (exact) mass is 296 g/mol. The summed E-state index contributed by atoms with van der Waals surface area (Å²) in [6, 6.07) is 22.9. The van der Waals surface area contributed by atoms with Crippen molar-refractivity contribution in [2.45, 2.75) is 0 Å². The largest absolute Gasteiger partial charge is 0.439 e. The van der Waals surface area contributed by atoms with Gasteiger partial charge in [-0.1, -0.05) is 35.9 Å². The molecule has 104 valence electrons. The van der Waals surface area contributed by atoms with E-state index < -0.39 is 0 Å². The smallest absolute Gasteiger partial charge is 0.220 e. The maximum absolute atomic E-state index is 5.83. The SMILES string of the molecule is Clc1cccc(Oc2ccc(Nc3ccccc3)cc2)n1. The first-order chi connectivity index (χ1) is 10.3. The van der Waals surface area contributed by atoms with Gasteiger partial charge in [-0.3, -0.25) is 0 Å². The van der Waals surface area contributed by atoms with Gasteiger partial charge in [-0.05, 0) is 42.5 Å². The number of ether oxygens (including phenoxy) is 1. The van der Waals surface area contributed by atoms with Crippen molar-refractivity contribution in [1.29, 1.82) is 0 Å². The maximum atomic E-state index is 5.83. The van der Waals surface area contributed by atoms with Gasteiger partial charge in [0.05, 0.1) is 0 Å². The molecule has 1 heterocycles. The van der Waals surface area contributed by atoms with E-state index in [1.165, 1.54) is 0 Å². The van der Waals surface area contributed by atoms with Crippen molar-refractivity contribution in [2.75, 3.05) is 5.32 Å². The molecule has 4 heteroatoms. The lowest BCUT2D eigenvalue weighted by Crippen LogP contribution is -1.91. The van der Waals surface area contributed by atoms with Crippen LogP contribution < -0.4 is 10.1 Å². The zero-order chi connectivity index (χ0) is 14.5. The molecule has 0 bridgehead atoms. The molecule has 0 aliphatic carbocycles. The lowest BCUT2D eigenvalue weighted by Gasteiger charge is -2.08. The molecule has 0 aliphatic heterocycles. The highest BCUT2D eigenvalue weighted by Gasteiger charge is 2.00. The molecule has 0 atom stereocenters. The zero-order valence-corrected chi connectivity index (χ0v) is 11.9. The summed E-state index contributed by atoms with van der Waals surface area (Å²) < 4.78 is 5.64. The van der Waals surface area contributed by atoms with Gasteiger partial charge in [-0.15, -0.1) is 0 Å². The fourth-order valence-electron chi connectivity index (χ4n) is 1.86. The van der Waals surface area contributed by atoms with Gasteiger partial charge in [0, 0.05) is 17.4 Å². The van der Waals surface area contributed by atoms with Crippen LogP contribution in [0.15, 0.2) is 72.8 Å². The normalized spacial score (nSPS) is 10.1. The predicted octanol–water partition coefficient (Wildman–Crippen LogP) is 5.27. The van der Waals surface area contributed by atoms with E-state index >= 15 is 0 Å². The molecule has 3 nitrogen and oxygen atoms in total. The summed E-state index contributed by atoms with van der Waals surface area (Å²) in [7, 11) is 0. The Morgan fingerprint density at radius 3 is 2.19 bits per heavy atom. The van der Waals surface area contributed by atoms with E-state index in [0.29, 0.717) is 16.8 Å². The average Bonchev–Trinajstić information content (AvgIpc) is 2.50. The van der Waals surface area contributed by atoms with Crippen molar-refractivity contribution in [3.8, 4) is 11.6 Å². The van der Waals surface area contributed by atoms with Crippen molar-refractivity contribution >= 4 is 23.0 Å². The molecule has 0 aliphatic rings. The van der Waals surface area contributed by atoms with Gasteiger partial charge in [0.25, 0.3) is 0 Å². The summed E-state index contributed by atoms with van der Waals surface area (Å²) in [5.74, 6) is 1.19. The number of halogens is 1. The number of anilines is 2. The quantitative estimate of drug-likeness (QED) is 0.666. The van der Waals surface area contributed by atoms with E-state index in [0.717, 1.165) is 11.4 Å². The number of benzene rings is 2. The first kappa shape index (κ1) is 13.5. The molecule has 0 saturated carbocycles. The number of pyridine rings is 1. The third-order valence-electron chi connectivity index (χ3n) is 2.83. The number of nitrogens with zero attached hydrogens (tertiary/aromatic N) is 1. The standard InChI is InChI=1S/C17H13ClN2O/c18-16-7-4-8-17(20-16)21-15-11-9-14(10-12-15)19-13-5-2-1-3-6-13/h1-12,19H. The maximum Gasteiger partial charge on any atom is 0.220 e. The summed E-state index contributed by atoms with van der Waals surface area (Å²) >= 11 is 5.83. The molecule has 0 fully saturated rings. The highest BCUT2D eigenvalue weighted by Crippen LogP contribution is 2.24. The van der Waals surface area contributed by atoms with Crippen molar-refractivity contribution in [3.63, 3.8) is 0 Å². The summed E-state index contributed by atoms with van der Waals surface area (Å²) in [6.45, 7) is 0. The van der Waals surface area contributed by atoms with E-state index in [1.807, 2.05) is 54.6 Å². The fourth-order valence-corrected chi connectivity index (χ4v) is 2.02. The van der Waals surface area contributed by atoms with Crippen LogP contribution in [0.4, 0.5) is 11.4 Å². The zero-order valence-electron chi connectivity index (χ0n) is 11.2. The summed E-state index contributed by atoms with van der Waals surface area (Å²) in [6.07, 6.45) is 0. The van der Waals surface area contributed by atoms with Gasteiger partial charge in [-0.25, -0.2) is 4.98 Å². The second-order valence-corrected chi connectivity index (χ2v) is 4.80. The lowest BCUT2D eigenvalue weighted by atomic mass is 10.2. The number of hydrogen-bond donors (Lipinski definition) is 1. The summed E-state index contributed by atoms with van der Waals surface area (Å²) in [5, 5.41) is 3.72. The van der Waals surface area contributed by atoms with Gasteiger partial charge in [0.2, 0.25) is 5.88 Å². The molecule has 21 heavy (non-hydrogen) atoms. The van der Waals surface area contributed by atoms with Crippen LogP contribution >= 0.6 is 11.6 Å². The van der Waals surface area contributed by atoms with Crippen molar-refractivity contribution < 1.29 is 4.74 Å². The Bertz CT molecular complexity index is 714. The highest BCUT2D eigenvalue weighted by atomic mass is 35.5. The minimum absolute atomic E-state index is 0.412. The minimum atomic E-state index is 0.412. The average molecular weight is 297 g/mol. The first-order valence-electron chi connectivity index (χ1n) is 6.52. The van der Waals surface area contributed by atoms with E-state index in [1.54, 1.807) is 18.2 Å². The molecular weight excluding hydrogens is 284 g/mol. The first-order valence-corrected chi connectivity index (χ1v) is 6.90. The van der Waals surface area contributed by atoms with Crippen LogP contribution in [0.2, 0.25) is 5.15 Å². The van der Waals surface area contributed by atoms with Crippen LogP contribution in [-0.2, 0) is 0 Å². The van der Waals surface area contributed by atoms with Crippen molar-refractivity contribution in [1.82, 2.24) is 4.98 Å². The third kappa shape index (κ3) is 3.74. The Hall–Kier alpha value is -2.52. The molecule has 2 aromatic carbocycles. The van der Waals surface area contributed by atoms with Crippen LogP contribution in [0.3, 0.4) is 0 Å². The third-order valence-corrected chi connectivity index (χ3v) is 3.04. The minimum Gasteiger partial charge on any atom is -0.439 e. The molecule has 1 aromatic heterocycles. The Labute approximate surface area is 128 Å². The second kappa shape index (κ2) is 6.29. The van der Waals surface area contributed by atoms with E-state index in [-0.39, 0.29) is 0 Å². The van der Waals surface area contributed by atoms with Crippen LogP contribution in [-0.4, -0.2) is 4.98 Å². The van der Waals surface area contributed by atoms with Crippen molar-refractivity contribution in [3.05, 3.63) is 77.9 Å². The Morgan fingerprint density at radius 1 is 0.762 bits per heavy atom. The lowest BCUT2D eigenvalue weighted by molar-refractivity contribution is 0.463. The van der Waals surface area contributed by atoms with E-state index in [2.05, 4.69) is 10.3 Å². The van der Waals surface area contributed by atoms with Crippen molar-refractivity contribution in [2.24, 2.45) is 0 Å². The van der Waals surface area contributed by atoms with Gasteiger partial charge >= 0.3 is 0 Å². The van der Waals surface area contributed by atoms with Gasteiger partial charge in [0.15, 0.2) is 0 Å². The number of nitrogens with one attached hydrogen (secondary N) is 1. The topological polar surface area (TPSA) is 34.1 Å². The molecular formula is C17H13ClN2O. The molecule has 0 unspecified atom stereocenters. The van der Waals surface area contributed by atoms with E-state index in [9.17, 15) is 0 Å². The van der Waals surface area contributed by atoms with Gasteiger partial charge in [0.1, 0.15) is 10.9 Å². The van der Waals surface area contributed by atoms with Gasteiger partial charge < -0.3 is 10.1 Å². The van der Waals surface area contributed by atoms with Crippen LogP contribution in [0.1, 0.15) is 0 Å². The number of hydrogen-bond acceptors (Lipinski definition) is 3. The molecule has 3 rings (SSSR count). The number of rotatable bonds is 4. The molecule has 3 aromatic rings. The van der Waals surface area contributed by atoms with Crippen LogP contribution in [0, 0.1) is 0 Å². The van der Waals surface area contributed by atoms with Crippen LogP contribution in [0.25, 0.3) is 0 Å². The molecule has 1 N–H and O–H groups in total. The molecule has 0 spiro atoms. The van der Waals surface area contributed by atoms with Gasteiger partial charge in [-0.2, -0.15) is 0 Å². The number of aromatic nitrogens is 1. The Morgan fingerprint density at radius 2 is 1.48 bits per heavy atom. The molecule has 0 radical (unpaired) electrons. The molecule has 0 amide bonds. The highest BCUT2D eigenvalue weighted by molar-refractivity contribution is 6.29. The summed E-state index contributed by atoms with van der Waals surface area (Å²) in [4.78, 5) is 4.09. The fraction of sp³-hybridized carbons (Fsp3) is 0. The second-order valence-electron chi connectivity index (χ2n) is 4.42. The van der Waals surface area contributed by atoms with Crippen LogP contribution in [0.5, 0.6) is 11.6 Å². The van der Waals surface area contributed by atoms with E-state index in [4.69, 9.17) is 16.3 Å². The summed E-state index contributed by atoms with van der Waals surface area (Å²) in [5.41, 5.74) is 2.04.